The molecule has 0 amide bonds. The van der Waals surface area contributed by atoms with Gasteiger partial charge in [0.05, 0.1) is 6.10 Å². The minimum Gasteiger partial charge on any atom is -0.388 e. The van der Waals surface area contributed by atoms with Crippen molar-refractivity contribution in [1.29, 1.82) is 0 Å². The van der Waals surface area contributed by atoms with E-state index in [9.17, 15) is 5.11 Å². The van der Waals surface area contributed by atoms with Crippen LogP contribution in [0.5, 0.6) is 0 Å². The second-order valence-corrected chi connectivity index (χ2v) is 5.11. The quantitative estimate of drug-likeness (QED) is 0.748. The number of hydrogen-bond donors (Lipinski definition) is 1. The Kier molecular flexibility index (Phi) is 6.59. The van der Waals surface area contributed by atoms with Crippen LogP contribution in [0, 0.1) is 0 Å². The minimum atomic E-state index is -0.505. The molecular formula is C19H24O3. The smallest absolute Gasteiger partial charge is 0.183 e. The highest BCUT2D eigenvalue weighted by atomic mass is 16.7. The molecule has 0 fully saturated rings. The van der Waals surface area contributed by atoms with E-state index < -0.39 is 6.10 Å². The maximum atomic E-state index is 10.3. The fourth-order valence-electron chi connectivity index (χ4n) is 2.37. The van der Waals surface area contributed by atoms with Gasteiger partial charge in [0.1, 0.15) is 0 Å². The zero-order chi connectivity index (χ0) is 15.8. The molecule has 0 aliphatic rings. The van der Waals surface area contributed by atoms with E-state index in [4.69, 9.17) is 9.47 Å². The molecule has 0 saturated carbocycles. The Morgan fingerprint density at radius 1 is 0.818 bits per heavy atom. The van der Waals surface area contributed by atoms with Crippen LogP contribution in [0.3, 0.4) is 0 Å². The highest BCUT2D eigenvalue weighted by Crippen LogP contribution is 2.23. The third-order valence-corrected chi connectivity index (χ3v) is 3.50. The molecule has 1 atom stereocenters. The van der Waals surface area contributed by atoms with Crippen LogP contribution in [-0.2, 0) is 15.9 Å². The topological polar surface area (TPSA) is 38.7 Å². The monoisotopic (exact) mass is 300 g/mol. The largest absolute Gasteiger partial charge is 0.388 e. The lowest BCUT2D eigenvalue weighted by molar-refractivity contribution is -0.140. The van der Waals surface area contributed by atoms with Gasteiger partial charge in [-0.1, -0.05) is 54.6 Å². The van der Waals surface area contributed by atoms with E-state index in [2.05, 4.69) is 0 Å². The van der Waals surface area contributed by atoms with Crippen molar-refractivity contribution in [1.82, 2.24) is 0 Å². The molecule has 0 unspecified atom stereocenters. The van der Waals surface area contributed by atoms with Crippen molar-refractivity contribution >= 4 is 0 Å². The van der Waals surface area contributed by atoms with E-state index in [1.165, 1.54) is 0 Å². The Morgan fingerprint density at radius 3 is 1.91 bits per heavy atom. The molecule has 0 spiro atoms. The maximum Gasteiger partial charge on any atom is 0.183 e. The van der Waals surface area contributed by atoms with Crippen LogP contribution in [-0.4, -0.2) is 18.3 Å². The molecule has 3 heteroatoms. The Bertz CT molecular complexity index is 530. The highest BCUT2D eigenvalue weighted by molar-refractivity contribution is 5.27. The van der Waals surface area contributed by atoms with Crippen LogP contribution in [0.15, 0.2) is 54.6 Å². The van der Waals surface area contributed by atoms with Crippen LogP contribution in [0.1, 0.15) is 42.9 Å². The predicted molar refractivity (Wildman–Crippen MR) is 87.5 cm³/mol. The third kappa shape index (κ3) is 4.67. The highest BCUT2D eigenvalue weighted by Gasteiger charge is 2.13. The number of ether oxygens (including phenoxy) is 2. The van der Waals surface area contributed by atoms with E-state index in [1.54, 1.807) is 0 Å². The van der Waals surface area contributed by atoms with E-state index in [1.807, 2.05) is 68.4 Å². The van der Waals surface area contributed by atoms with Gasteiger partial charge in [-0.05, 0) is 25.0 Å². The summed E-state index contributed by atoms with van der Waals surface area (Å²) in [6, 6.07) is 17.8. The third-order valence-electron chi connectivity index (χ3n) is 3.50. The van der Waals surface area contributed by atoms with Gasteiger partial charge < -0.3 is 14.6 Å². The molecule has 0 radical (unpaired) electrons. The first-order chi connectivity index (χ1) is 10.7. The van der Waals surface area contributed by atoms with Crippen LogP contribution in [0.25, 0.3) is 0 Å². The van der Waals surface area contributed by atoms with Gasteiger partial charge in [-0.3, -0.25) is 0 Å². The molecule has 0 aliphatic carbocycles. The van der Waals surface area contributed by atoms with Gasteiger partial charge in [0.2, 0.25) is 0 Å². The van der Waals surface area contributed by atoms with Gasteiger partial charge in [0.15, 0.2) is 6.29 Å². The molecule has 2 aromatic rings. The van der Waals surface area contributed by atoms with Crippen molar-refractivity contribution in [3.63, 3.8) is 0 Å². The molecule has 0 bridgehead atoms. The second-order valence-electron chi connectivity index (χ2n) is 5.11. The van der Waals surface area contributed by atoms with Crippen LogP contribution < -0.4 is 0 Å². The Labute approximate surface area is 132 Å². The van der Waals surface area contributed by atoms with E-state index in [0.29, 0.717) is 19.6 Å². The van der Waals surface area contributed by atoms with Gasteiger partial charge in [-0.25, -0.2) is 0 Å². The average Bonchev–Trinajstić information content (AvgIpc) is 2.56. The summed E-state index contributed by atoms with van der Waals surface area (Å²) in [5, 5.41) is 10.3. The average molecular weight is 300 g/mol. The van der Waals surface area contributed by atoms with Gasteiger partial charge in [0, 0.05) is 25.2 Å². The summed E-state index contributed by atoms with van der Waals surface area (Å²) in [7, 11) is 0. The van der Waals surface area contributed by atoms with Gasteiger partial charge in [0.25, 0.3) is 0 Å². The lowest BCUT2D eigenvalue weighted by Gasteiger charge is -2.18. The van der Waals surface area contributed by atoms with Gasteiger partial charge in [-0.15, -0.1) is 0 Å². The lowest BCUT2D eigenvalue weighted by Crippen LogP contribution is -2.09. The van der Waals surface area contributed by atoms with Crippen LogP contribution in [0.4, 0.5) is 0 Å². The first-order valence-corrected chi connectivity index (χ1v) is 7.79. The van der Waals surface area contributed by atoms with Crippen LogP contribution in [0.2, 0.25) is 0 Å². The van der Waals surface area contributed by atoms with Crippen molar-refractivity contribution in [2.24, 2.45) is 0 Å². The van der Waals surface area contributed by atoms with Crippen molar-refractivity contribution in [3.05, 3.63) is 71.3 Å². The Balaban J connectivity index is 2.04. The number of benzene rings is 2. The SMILES string of the molecule is CCOC(OCC)c1ccc([C@H](O)Cc2ccccc2)cc1. The zero-order valence-corrected chi connectivity index (χ0v) is 13.2. The number of hydrogen-bond acceptors (Lipinski definition) is 3. The number of aliphatic hydroxyl groups excluding tert-OH is 1. The van der Waals surface area contributed by atoms with E-state index >= 15 is 0 Å². The Hall–Kier alpha value is -1.68. The summed E-state index contributed by atoms with van der Waals surface area (Å²) in [5.41, 5.74) is 3.00. The lowest BCUT2D eigenvalue weighted by atomic mass is 10.0. The molecule has 0 aromatic heterocycles. The van der Waals surface area contributed by atoms with Crippen LogP contribution >= 0.6 is 0 Å². The predicted octanol–water partition coefficient (Wildman–Crippen LogP) is 4.03. The molecule has 2 rings (SSSR count). The number of rotatable bonds is 8. The molecule has 0 aliphatic heterocycles. The van der Waals surface area contributed by atoms with Crippen molar-refractivity contribution in [2.45, 2.75) is 32.7 Å². The summed E-state index contributed by atoms with van der Waals surface area (Å²) in [6.45, 7) is 5.10. The summed E-state index contributed by atoms with van der Waals surface area (Å²) >= 11 is 0. The molecule has 118 valence electrons. The first-order valence-electron chi connectivity index (χ1n) is 7.79. The summed E-state index contributed by atoms with van der Waals surface area (Å²) in [6.07, 6.45) is -0.232. The fraction of sp³-hybridized carbons (Fsp3) is 0.368. The standard InChI is InChI=1S/C19H24O3/c1-3-21-19(22-4-2)17-12-10-16(11-13-17)18(20)14-15-8-6-5-7-9-15/h5-13,18-20H,3-4,14H2,1-2H3/t18-/m1/s1. The molecule has 0 saturated heterocycles. The van der Waals surface area contributed by atoms with Crippen molar-refractivity contribution < 1.29 is 14.6 Å². The molecule has 1 N–H and O–H groups in total. The fourth-order valence-corrected chi connectivity index (χ4v) is 2.37. The van der Waals surface area contributed by atoms with E-state index in [-0.39, 0.29) is 6.29 Å². The van der Waals surface area contributed by atoms with Gasteiger partial charge >= 0.3 is 0 Å². The summed E-state index contributed by atoms with van der Waals surface area (Å²) < 4.78 is 11.2. The zero-order valence-electron chi connectivity index (χ0n) is 13.2. The summed E-state index contributed by atoms with van der Waals surface area (Å²) in [5.74, 6) is 0. The normalized spacial score (nSPS) is 12.5. The second kappa shape index (κ2) is 8.69. The molecule has 3 nitrogen and oxygen atoms in total. The van der Waals surface area contributed by atoms with Crippen molar-refractivity contribution in [2.75, 3.05) is 13.2 Å². The molecule has 2 aromatic carbocycles. The number of aliphatic hydroxyl groups is 1. The Morgan fingerprint density at radius 2 is 1.36 bits per heavy atom. The summed E-state index contributed by atoms with van der Waals surface area (Å²) in [4.78, 5) is 0. The molecular weight excluding hydrogens is 276 g/mol. The van der Waals surface area contributed by atoms with Gasteiger partial charge in [-0.2, -0.15) is 0 Å². The van der Waals surface area contributed by atoms with Crippen molar-refractivity contribution in [3.8, 4) is 0 Å². The van der Waals surface area contributed by atoms with E-state index in [0.717, 1.165) is 16.7 Å². The molecule has 22 heavy (non-hydrogen) atoms. The molecule has 0 heterocycles. The minimum absolute atomic E-state index is 0.338. The maximum absolute atomic E-state index is 10.3. The first kappa shape index (κ1) is 16.7.